The highest BCUT2D eigenvalue weighted by Crippen LogP contribution is 2.37. The first-order valence-electron chi connectivity index (χ1n) is 7.50. The minimum atomic E-state index is -3.48. The van der Waals surface area contributed by atoms with Gasteiger partial charge < -0.3 is 10.1 Å². The molecule has 0 aromatic heterocycles. The molecule has 0 radical (unpaired) electrons. The van der Waals surface area contributed by atoms with Gasteiger partial charge in [0.15, 0.2) is 0 Å². The molecule has 0 saturated carbocycles. The molecule has 0 atom stereocenters. The van der Waals surface area contributed by atoms with E-state index in [2.05, 4.69) is 5.32 Å². The van der Waals surface area contributed by atoms with Crippen molar-refractivity contribution in [3.8, 4) is 5.75 Å². The number of fused-ring (bicyclic) bond motifs is 1. The van der Waals surface area contributed by atoms with E-state index in [1.807, 2.05) is 13.0 Å². The molecule has 3 rings (SSSR count). The van der Waals surface area contributed by atoms with E-state index in [1.54, 1.807) is 22.5 Å². The van der Waals surface area contributed by atoms with Crippen LogP contribution in [0.1, 0.15) is 19.8 Å². The van der Waals surface area contributed by atoms with Gasteiger partial charge in [0.1, 0.15) is 10.6 Å². The Morgan fingerprint density at radius 1 is 1.29 bits per heavy atom. The van der Waals surface area contributed by atoms with Crippen molar-refractivity contribution >= 4 is 10.0 Å². The number of ether oxygens (including phenoxy) is 1. The Hall–Kier alpha value is -1.11. The van der Waals surface area contributed by atoms with Crippen molar-refractivity contribution in [1.29, 1.82) is 0 Å². The molecule has 0 unspecified atom stereocenters. The summed E-state index contributed by atoms with van der Waals surface area (Å²) in [5, 5.41) is 3.34. The third kappa shape index (κ3) is 2.67. The number of nitrogens with zero attached hydrogens (tertiary/aromatic N) is 1. The summed E-state index contributed by atoms with van der Waals surface area (Å²) in [6.07, 6.45) is 1.89. The number of rotatable bonds is 1. The van der Waals surface area contributed by atoms with Gasteiger partial charge in [-0.1, -0.05) is 19.1 Å². The first-order valence-corrected chi connectivity index (χ1v) is 8.94. The summed E-state index contributed by atoms with van der Waals surface area (Å²) in [5.74, 6) is 0.480. The molecule has 1 N–H and O–H groups in total. The molecule has 1 saturated heterocycles. The lowest BCUT2D eigenvalue weighted by Crippen LogP contribution is -2.50. The summed E-state index contributed by atoms with van der Waals surface area (Å²) in [7, 11) is -3.48. The summed E-state index contributed by atoms with van der Waals surface area (Å²) < 4.78 is 33.3. The largest absolute Gasteiger partial charge is 0.492 e. The average Bonchev–Trinajstić information content (AvgIpc) is 2.51. The number of sulfonamides is 1. The van der Waals surface area contributed by atoms with Gasteiger partial charge >= 0.3 is 0 Å². The number of hydrogen-bond acceptors (Lipinski definition) is 4. The highest BCUT2D eigenvalue weighted by molar-refractivity contribution is 7.89. The zero-order chi connectivity index (χ0) is 14.9. The number of benzene rings is 1. The van der Waals surface area contributed by atoms with Crippen LogP contribution in [-0.4, -0.2) is 45.5 Å². The van der Waals surface area contributed by atoms with Crippen LogP contribution in [0.3, 0.4) is 0 Å². The summed E-state index contributed by atoms with van der Waals surface area (Å²) in [6, 6.07) is 6.95. The molecule has 0 bridgehead atoms. The van der Waals surface area contributed by atoms with Crippen LogP contribution in [0.4, 0.5) is 0 Å². The third-order valence-corrected chi connectivity index (χ3v) is 6.49. The second kappa shape index (κ2) is 5.59. The van der Waals surface area contributed by atoms with Crippen LogP contribution >= 0.6 is 0 Å². The minimum Gasteiger partial charge on any atom is -0.492 e. The van der Waals surface area contributed by atoms with E-state index in [4.69, 9.17) is 4.74 Å². The van der Waals surface area contributed by atoms with Crippen LogP contribution in [0.5, 0.6) is 5.75 Å². The Bertz CT molecular complexity index is 609. The number of nitrogens with one attached hydrogen (secondary N) is 1. The van der Waals surface area contributed by atoms with E-state index in [0.29, 0.717) is 25.4 Å². The Morgan fingerprint density at radius 3 is 2.71 bits per heavy atom. The number of para-hydroxylation sites is 1. The molecule has 0 amide bonds. The van der Waals surface area contributed by atoms with E-state index < -0.39 is 10.0 Å². The lowest BCUT2D eigenvalue weighted by Gasteiger charge is -2.42. The average molecular weight is 310 g/mol. The summed E-state index contributed by atoms with van der Waals surface area (Å²) in [5.41, 5.74) is -0.0815. The lowest BCUT2D eigenvalue weighted by molar-refractivity contribution is 0.0768. The van der Waals surface area contributed by atoms with E-state index in [1.165, 1.54) is 0 Å². The lowest BCUT2D eigenvalue weighted by atomic mass is 9.79. The summed E-state index contributed by atoms with van der Waals surface area (Å²) >= 11 is 0. The maximum absolute atomic E-state index is 12.9. The van der Waals surface area contributed by atoms with Gasteiger partial charge in [-0.2, -0.15) is 4.31 Å². The molecule has 0 aliphatic carbocycles. The monoisotopic (exact) mass is 310 g/mol. The van der Waals surface area contributed by atoms with Crippen molar-refractivity contribution < 1.29 is 13.2 Å². The van der Waals surface area contributed by atoms with Crippen molar-refractivity contribution in [2.75, 3.05) is 32.8 Å². The van der Waals surface area contributed by atoms with Gasteiger partial charge in [-0.25, -0.2) is 8.42 Å². The van der Waals surface area contributed by atoms with E-state index in [9.17, 15) is 8.42 Å². The molecule has 2 aliphatic heterocycles. The Labute approximate surface area is 126 Å². The van der Waals surface area contributed by atoms with Crippen molar-refractivity contribution in [2.45, 2.75) is 24.7 Å². The Kier molecular flexibility index (Phi) is 3.94. The highest BCUT2D eigenvalue weighted by Gasteiger charge is 2.40. The van der Waals surface area contributed by atoms with E-state index in [0.717, 1.165) is 25.9 Å². The van der Waals surface area contributed by atoms with Gasteiger partial charge in [-0.05, 0) is 38.1 Å². The van der Waals surface area contributed by atoms with Crippen LogP contribution < -0.4 is 10.1 Å². The fourth-order valence-corrected chi connectivity index (χ4v) is 4.89. The Morgan fingerprint density at radius 2 is 2.00 bits per heavy atom. The van der Waals surface area contributed by atoms with E-state index >= 15 is 0 Å². The maximum Gasteiger partial charge on any atom is 0.246 e. The van der Waals surface area contributed by atoms with Crippen LogP contribution in [0.2, 0.25) is 0 Å². The molecule has 1 fully saturated rings. The summed E-state index contributed by atoms with van der Waals surface area (Å²) in [6.45, 7) is 5.36. The molecular weight excluding hydrogens is 288 g/mol. The number of hydrogen-bond donors (Lipinski definition) is 1. The molecular formula is C15H22N2O3S. The maximum atomic E-state index is 12.9. The molecule has 1 spiro atoms. The van der Waals surface area contributed by atoms with Crippen molar-refractivity contribution in [3.05, 3.63) is 24.3 Å². The zero-order valence-electron chi connectivity index (χ0n) is 12.3. The molecule has 1 aromatic rings. The van der Waals surface area contributed by atoms with Crippen LogP contribution in [0, 0.1) is 5.41 Å². The Balaban J connectivity index is 2.04. The van der Waals surface area contributed by atoms with Gasteiger partial charge in [0.2, 0.25) is 10.0 Å². The fraction of sp³-hybridized carbons (Fsp3) is 0.600. The van der Waals surface area contributed by atoms with Gasteiger partial charge in [-0.15, -0.1) is 0 Å². The predicted octanol–water partition coefficient (Wildman–Crippen LogP) is 1.46. The molecule has 1 aromatic carbocycles. The molecule has 116 valence electrons. The third-order valence-electron chi connectivity index (χ3n) is 4.53. The smallest absolute Gasteiger partial charge is 0.246 e. The summed E-state index contributed by atoms with van der Waals surface area (Å²) in [4.78, 5) is 0.288. The molecule has 5 nitrogen and oxygen atoms in total. The van der Waals surface area contributed by atoms with Crippen molar-refractivity contribution in [1.82, 2.24) is 9.62 Å². The zero-order valence-corrected chi connectivity index (χ0v) is 13.2. The predicted molar refractivity (Wildman–Crippen MR) is 80.9 cm³/mol. The van der Waals surface area contributed by atoms with Crippen LogP contribution in [0.15, 0.2) is 29.2 Å². The van der Waals surface area contributed by atoms with Crippen molar-refractivity contribution in [3.63, 3.8) is 0 Å². The topological polar surface area (TPSA) is 58.6 Å². The van der Waals surface area contributed by atoms with Gasteiger partial charge in [0, 0.05) is 18.5 Å². The quantitative estimate of drug-likeness (QED) is 0.853. The first kappa shape index (κ1) is 14.8. The van der Waals surface area contributed by atoms with Gasteiger partial charge in [0.25, 0.3) is 0 Å². The minimum absolute atomic E-state index is 0.0815. The van der Waals surface area contributed by atoms with Crippen molar-refractivity contribution in [2.24, 2.45) is 5.41 Å². The second-order valence-electron chi connectivity index (χ2n) is 5.92. The normalized spacial score (nSPS) is 24.6. The molecule has 21 heavy (non-hydrogen) atoms. The molecule has 2 aliphatic rings. The molecule has 6 heteroatoms. The highest BCUT2D eigenvalue weighted by atomic mass is 32.2. The molecule has 2 heterocycles. The van der Waals surface area contributed by atoms with E-state index in [-0.39, 0.29) is 10.3 Å². The van der Waals surface area contributed by atoms with Crippen LogP contribution in [-0.2, 0) is 10.0 Å². The fourth-order valence-electron chi connectivity index (χ4n) is 3.20. The SMILES string of the molecule is CCN1CC2(CCNCC2)COc2ccccc2S1(=O)=O. The number of piperidine rings is 1. The first-order chi connectivity index (χ1) is 10.1. The standard InChI is InChI=1S/C15H22N2O3S/c1-2-17-11-15(7-9-16-10-8-15)12-20-13-5-3-4-6-14(13)21(17,18)19/h3-6,16H,2,7-12H2,1H3. The van der Waals surface area contributed by atoms with Gasteiger partial charge in [0.05, 0.1) is 6.61 Å². The van der Waals surface area contributed by atoms with Crippen LogP contribution in [0.25, 0.3) is 0 Å². The second-order valence-corrected chi connectivity index (χ2v) is 7.82. The van der Waals surface area contributed by atoms with Gasteiger partial charge in [-0.3, -0.25) is 0 Å².